The van der Waals surface area contributed by atoms with Crippen molar-refractivity contribution in [2.45, 2.75) is 26.7 Å². The van der Waals surface area contributed by atoms with E-state index in [0.717, 1.165) is 56.8 Å². The number of ether oxygens (including phenoxy) is 1. The third-order valence-corrected chi connectivity index (χ3v) is 8.01. The number of rotatable bonds is 8. The zero-order chi connectivity index (χ0) is 27.6. The highest BCUT2D eigenvalue weighted by Crippen LogP contribution is 2.28. The summed E-state index contributed by atoms with van der Waals surface area (Å²) in [5.41, 5.74) is 5.19. The highest BCUT2D eigenvalue weighted by atomic mass is 79.9. The summed E-state index contributed by atoms with van der Waals surface area (Å²) in [7, 11) is 0. The largest absolute Gasteiger partial charge is 0.493 e. The average molecular weight is 613 g/mol. The number of para-hydroxylation sites is 1. The Morgan fingerprint density at radius 2 is 1.75 bits per heavy atom. The molecule has 0 aliphatic rings. The molecule has 0 fully saturated rings. The molecular weight excluding hydrogens is 586 g/mol. The molecule has 0 spiro atoms. The van der Waals surface area contributed by atoms with Crippen molar-refractivity contribution >= 4 is 38.3 Å². The first-order chi connectivity index (χ1) is 19.5. The van der Waals surface area contributed by atoms with Crippen molar-refractivity contribution in [2.24, 2.45) is 0 Å². The molecule has 0 unspecified atom stereocenters. The Labute approximate surface area is 243 Å². The van der Waals surface area contributed by atoms with Gasteiger partial charge in [-0.3, -0.25) is 4.79 Å². The van der Waals surface area contributed by atoms with E-state index >= 15 is 0 Å². The lowest BCUT2D eigenvalue weighted by Gasteiger charge is -2.09. The average Bonchev–Trinajstić information content (AvgIpc) is 3.66. The Bertz CT molecular complexity index is 1910. The SMILES string of the molecule is CCCCOc1ccc(-c2cc(/C=c3\sc4nc(-c5ccc(Br)cc5)nn4c3=O)n(-c3ccccc3)n2)cc1C. The van der Waals surface area contributed by atoms with Gasteiger partial charge in [-0.05, 0) is 73.5 Å². The molecule has 3 heterocycles. The molecule has 0 aliphatic carbocycles. The lowest BCUT2D eigenvalue weighted by Crippen LogP contribution is -2.24. The number of nitrogens with zero attached hydrogens (tertiary/aromatic N) is 5. The van der Waals surface area contributed by atoms with E-state index in [2.05, 4.69) is 39.0 Å². The van der Waals surface area contributed by atoms with Gasteiger partial charge in [-0.1, -0.05) is 70.9 Å². The summed E-state index contributed by atoms with van der Waals surface area (Å²) in [6.07, 6.45) is 3.98. The van der Waals surface area contributed by atoms with Crippen LogP contribution in [-0.2, 0) is 0 Å². The zero-order valence-electron chi connectivity index (χ0n) is 22.0. The Morgan fingerprint density at radius 3 is 2.48 bits per heavy atom. The summed E-state index contributed by atoms with van der Waals surface area (Å²) in [5.74, 6) is 1.41. The van der Waals surface area contributed by atoms with Gasteiger partial charge in [-0.2, -0.15) is 14.6 Å². The molecule has 3 aromatic heterocycles. The van der Waals surface area contributed by atoms with E-state index in [9.17, 15) is 4.79 Å². The van der Waals surface area contributed by atoms with E-state index in [-0.39, 0.29) is 5.56 Å². The van der Waals surface area contributed by atoms with Crippen LogP contribution in [0.5, 0.6) is 5.75 Å². The van der Waals surface area contributed by atoms with Crippen LogP contribution in [-0.4, -0.2) is 31.0 Å². The van der Waals surface area contributed by atoms with Gasteiger partial charge >= 0.3 is 0 Å². The van der Waals surface area contributed by atoms with Crippen LogP contribution in [0.2, 0.25) is 0 Å². The van der Waals surface area contributed by atoms with Crippen LogP contribution in [0.3, 0.4) is 0 Å². The van der Waals surface area contributed by atoms with E-state index in [1.807, 2.05) is 90.5 Å². The second-order valence-corrected chi connectivity index (χ2v) is 11.4. The van der Waals surface area contributed by atoms with Crippen molar-refractivity contribution in [1.29, 1.82) is 0 Å². The summed E-state index contributed by atoms with van der Waals surface area (Å²) in [5, 5.41) is 9.42. The van der Waals surface area contributed by atoms with Crippen LogP contribution in [0.15, 0.2) is 88.1 Å². The molecule has 0 amide bonds. The monoisotopic (exact) mass is 611 g/mol. The zero-order valence-corrected chi connectivity index (χ0v) is 24.4. The molecule has 0 saturated carbocycles. The Hall–Kier alpha value is -4.08. The van der Waals surface area contributed by atoms with Gasteiger partial charge < -0.3 is 4.74 Å². The fraction of sp³-hybridized carbons (Fsp3) is 0.161. The molecule has 3 aromatic carbocycles. The van der Waals surface area contributed by atoms with Gasteiger partial charge in [-0.15, -0.1) is 5.10 Å². The fourth-order valence-electron chi connectivity index (χ4n) is 4.40. The molecule has 0 saturated heterocycles. The van der Waals surface area contributed by atoms with Gasteiger partial charge in [-0.25, -0.2) is 4.68 Å². The molecule has 0 bridgehead atoms. The topological polar surface area (TPSA) is 74.3 Å². The van der Waals surface area contributed by atoms with Crippen molar-refractivity contribution in [3.05, 3.63) is 109 Å². The number of fused-ring (bicyclic) bond motifs is 1. The molecule has 0 atom stereocenters. The molecule has 0 radical (unpaired) electrons. The highest BCUT2D eigenvalue weighted by Gasteiger charge is 2.15. The van der Waals surface area contributed by atoms with Gasteiger partial charge in [0.25, 0.3) is 5.56 Å². The van der Waals surface area contributed by atoms with Crippen LogP contribution in [0.1, 0.15) is 31.0 Å². The quantitative estimate of drug-likeness (QED) is 0.184. The van der Waals surface area contributed by atoms with Gasteiger partial charge in [0.2, 0.25) is 4.96 Å². The second kappa shape index (κ2) is 11.2. The maximum atomic E-state index is 13.3. The predicted octanol–water partition coefficient (Wildman–Crippen LogP) is 6.47. The third-order valence-electron chi connectivity index (χ3n) is 6.53. The van der Waals surface area contributed by atoms with E-state index in [0.29, 0.717) is 21.9 Å². The third kappa shape index (κ3) is 5.22. The molecule has 200 valence electrons. The molecule has 40 heavy (non-hydrogen) atoms. The second-order valence-electron chi connectivity index (χ2n) is 9.44. The first-order valence-electron chi connectivity index (χ1n) is 13.1. The number of hydrogen-bond acceptors (Lipinski definition) is 6. The molecule has 6 rings (SSSR count). The summed E-state index contributed by atoms with van der Waals surface area (Å²) in [6.45, 7) is 4.91. The normalized spacial score (nSPS) is 11.9. The van der Waals surface area contributed by atoms with E-state index in [1.54, 1.807) is 0 Å². The van der Waals surface area contributed by atoms with Crippen molar-refractivity contribution in [3.8, 4) is 34.1 Å². The molecule has 0 N–H and O–H groups in total. The smallest absolute Gasteiger partial charge is 0.291 e. The summed E-state index contributed by atoms with van der Waals surface area (Å²) in [4.78, 5) is 18.5. The Balaban J connectivity index is 1.40. The minimum Gasteiger partial charge on any atom is -0.493 e. The molecule has 0 aliphatic heterocycles. The predicted molar refractivity (Wildman–Crippen MR) is 163 cm³/mol. The van der Waals surface area contributed by atoms with Crippen molar-refractivity contribution in [3.63, 3.8) is 0 Å². The van der Waals surface area contributed by atoms with Gasteiger partial charge in [0.1, 0.15) is 10.3 Å². The number of benzene rings is 3. The standard InChI is InChI=1S/C31H26BrN5O2S/c1-3-4-16-39-27-15-12-22(17-20(27)2)26-18-25(36(34-26)24-8-6-5-7-9-24)19-28-30(38)37-31(40-28)33-29(35-37)21-10-13-23(32)14-11-21/h5-15,17-19H,3-4,16H2,1-2H3/b28-19-. The van der Waals surface area contributed by atoms with E-state index in [1.165, 1.54) is 15.9 Å². The van der Waals surface area contributed by atoms with Crippen LogP contribution in [0.4, 0.5) is 0 Å². The van der Waals surface area contributed by atoms with Gasteiger partial charge in [0.15, 0.2) is 5.82 Å². The van der Waals surface area contributed by atoms with E-state index < -0.39 is 0 Å². The van der Waals surface area contributed by atoms with Crippen LogP contribution in [0.25, 0.3) is 39.4 Å². The minimum absolute atomic E-state index is 0.206. The lowest BCUT2D eigenvalue weighted by molar-refractivity contribution is 0.307. The number of hydrogen-bond donors (Lipinski definition) is 0. The summed E-state index contributed by atoms with van der Waals surface area (Å²) < 4.78 is 10.7. The highest BCUT2D eigenvalue weighted by molar-refractivity contribution is 9.10. The number of halogens is 1. The van der Waals surface area contributed by atoms with Crippen molar-refractivity contribution < 1.29 is 4.74 Å². The van der Waals surface area contributed by atoms with Crippen molar-refractivity contribution in [1.82, 2.24) is 24.4 Å². The molecule has 7 nitrogen and oxygen atoms in total. The maximum absolute atomic E-state index is 13.3. The van der Waals surface area contributed by atoms with Crippen LogP contribution >= 0.6 is 27.3 Å². The summed E-state index contributed by atoms with van der Waals surface area (Å²) >= 11 is 4.76. The Morgan fingerprint density at radius 1 is 0.975 bits per heavy atom. The van der Waals surface area contributed by atoms with Gasteiger partial charge in [0.05, 0.1) is 23.7 Å². The number of aromatic nitrogens is 5. The lowest BCUT2D eigenvalue weighted by atomic mass is 10.1. The first-order valence-corrected chi connectivity index (χ1v) is 14.7. The van der Waals surface area contributed by atoms with Crippen LogP contribution in [0, 0.1) is 6.92 Å². The number of aryl methyl sites for hydroxylation is 1. The maximum Gasteiger partial charge on any atom is 0.291 e. The summed E-state index contributed by atoms with van der Waals surface area (Å²) in [6, 6.07) is 25.7. The van der Waals surface area contributed by atoms with Gasteiger partial charge in [0, 0.05) is 15.6 Å². The molecular formula is C31H26BrN5O2S. The minimum atomic E-state index is -0.206. The molecule has 9 heteroatoms. The van der Waals surface area contributed by atoms with Crippen LogP contribution < -0.4 is 14.8 Å². The molecule has 6 aromatic rings. The van der Waals surface area contributed by atoms with E-state index in [4.69, 9.17) is 9.84 Å². The number of unbranched alkanes of at least 4 members (excludes halogenated alkanes) is 1. The van der Waals surface area contributed by atoms with Crippen molar-refractivity contribution in [2.75, 3.05) is 6.61 Å². The first kappa shape index (κ1) is 26.2. The number of thiazole rings is 1. The fourth-order valence-corrected chi connectivity index (χ4v) is 5.56. The Kier molecular flexibility index (Phi) is 7.32.